The molecular weight excluding hydrogens is 430 g/mol. The molecule has 5 N–H and O–H groups in total. The molecule has 0 bridgehead atoms. The lowest BCUT2D eigenvalue weighted by molar-refractivity contribution is -0.383. The van der Waals surface area contributed by atoms with E-state index < -0.39 is 29.3 Å². The number of rotatable bonds is 11. The van der Waals surface area contributed by atoms with Gasteiger partial charge in [-0.1, -0.05) is 12.8 Å². The molecule has 2 aromatic rings. The average Bonchev–Trinajstić information content (AvgIpc) is 2.82. The van der Waals surface area contributed by atoms with Crippen molar-refractivity contribution in [2.75, 3.05) is 31.6 Å². The van der Waals surface area contributed by atoms with Crippen LogP contribution in [-0.4, -0.2) is 90.8 Å². The van der Waals surface area contributed by atoms with E-state index in [1.54, 1.807) is 30.6 Å². The molecule has 180 valence electrons. The maximum atomic E-state index is 11.5. The third-order valence-electron chi connectivity index (χ3n) is 5.92. The molecule has 1 saturated heterocycles. The molecule has 33 heavy (non-hydrogen) atoms. The number of β-amino-alcohol motifs (C(OH)–C–C–N with tert-alkyl or cyclic N) is 1. The standard InChI is InChI=1S/C22H31N5O6/c28-14-18-20(30)21(31)19(29)13-26(18)11-4-2-1-3-8-23-16-7-6-15(12-17(16)27(32)33)22-24-9-5-10-25-22/h5-7,9-10,12,18-21,23,28-31H,1-4,8,11,13-14H2/t18?,19?,20?,21-/m0/s1. The number of aromatic nitrogens is 2. The SMILES string of the molecule is O=[N+]([O-])c1cc(-c2ncccn2)ccc1NCCCCCCN1CC(O)[C@H](O)C(O)C1CO. The largest absolute Gasteiger partial charge is 0.395 e. The molecule has 1 aromatic carbocycles. The first-order valence-corrected chi connectivity index (χ1v) is 11.1. The van der Waals surface area contributed by atoms with E-state index in [4.69, 9.17) is 0 Å². The molecule has 1 aromatic heterocycles. The number of benzene rings is 1. The minimum atomic E-state index is -1.25. The lowest BCUT2D eigenvalue weighted by Gasteiger charge is -2.43. The number of aliphatic hydroxyl groups excluding tert-OH is 4. The lowest BCUT2D eigenvalue weighted by Crippen LogP contribution is -2.62. The highest BCUT2D eigenvalue weighted by Crippen LogP contribution is 2.29. The number of nitrogens with zero attached hydrogens (tertiary/aromatic N) is 4. The number of piperidine rings is 1. The molecule has 4 atom stereocenters. The molecule has 0 aliphatic carbocycles. The summed E-state index contributed by atoms with van der Waals surface area (Å²) >= 11 is 0. The van der Waals surface area contributed by atoms with Gasteiger partial charge in [0, 0.05) is 37.1 Å². The van der Waals surface area contributed by atoms with Gasteiger partial charge in [0.1, 0.15) is 17.9 Å². The van der Waals surface area contributed by atoms with Gasteiger partial charge in [-0.25, -0.2) is 9.97 Å². The van der Waals surface area contributed by atoms with Crippen LogP contribution in [0.5, 0.6) is 0 Å². The van der Waals surface area contributed by atoms with Gasteiger partial charge in [0.2, 0.25) is 0 Å². The van der Waals surface area contributed by atoms with Crippen LogP contribution in [0.25, 0.3) is 11.4 Å². The lowest BCUT2D eigenvalue weighted by atomic mass is 9.94. The normalized spacial score (nSPS) is 23.4. The molecular formula is C22H31N5O6. The molecule has 2 heterocycles. The Hall–Kier alpha value is -2.70. The molecule has 1 aliphatic heterocycles. The molecule has 0 saturated carbocycles. The summed E-state index contributed by atoms with van der Waals surface area (Å²) in [7, 11) is 0. The maximum absolute atomic E-state index is 11.5. The molecule has 0 amide bonds. The molecule has 0 radical (unpaired) electrons. The van der Waals surface area contributed by atoms with Crippen molar-refractivity contribution >= 4 is 11.4 Å². The van der Waals surface area contributed by atoms with Gasteiger partial charge in [0.15, 0.2) is 5.82 Å². The Labute approximate surface area is 191 Å². The summed E-state index contributed by atoms with van der Waals surface area (Å²) in [5.41, 5.74) is 0.995. The van der Waals surface area contributed by atoms with Crippen molar-refractivity contribution in [2.45, 2.75) is 50.0 Å². The molecule has 3 unspecified atom stereocenters. The van der Waals surface area contributed by atoms with Crippen LogP contribution in [0.2, 0.25) is 0 Å². The van der Waals surface area contributed by atoms with E-state index in [-0.39, 0.29) is 18.8 Å². The van der Waals surface area contributed by atoms with Crippen molar-refractivity contribution in [3.63, 3.8) is 0 Å². The highest BCUT2D eigenvalue weighted by molar-refractivity contribution is 5.70. The van der Waals surface area contributed by atoms with Gasteiger partial charge >= 0.3 is 0 Å². The van der Waals surface area contributed by atoms with E-state index in [0.29, 0.717) is 30.2 Å². The third-order valence-corrected chi connectivity index (χ3v) is 5.92. The first-order valence-electron chi connectivity index (χ1n) is 11.1. The maximum Gasteiger partial charge on any atom is 0.293 e. The van der Waals surface area contributed by atoms with E-state index in [1.807, 2.05) is 4.90 Å². The molecule has 11 heteroatoms. The van der Waals surface area contributed by atoms with Crippen molar-refractivity contribution < 1.29 is 25.3 Å². The number of nitro benzene ring substituents is 1. The number of unbranched alkanes of at least 4 members (excludes halogenated alkanes) is 3. The Kier molecular flexibility index (Phi) is 9.03. The average molecular weight is 462 g/mol. The third kappa shape index (κ3) is 6.42. The van der Waals surface area contributed by atoms with Crippen LogP contribution >= 0.6 is 0 Å². The Morgan fingerprint density at radius 1 is 1.09 bits per heavy atom. The Bertz CT molecular complexity index is 902. The quantitative estimate of drug-likeness (QED) is 0.183. The minimum Gasteiger partial charge on any atom is -0.395 e. The van der Waals surface area contributed by atoms with Gasteiger partial charge in [-0.3, -0.25) is 15.0 Å². The van der Waals surface area contributed by atoms with E-state index in [9.17, 15) is 30.5 Å². The second kappa shape index (κ2) is 12.0. The summed E-state index contributed by atoms with van der Waals surface area (Å²) < 4.78 is 0. The summed E-state index contributed by atoms with van der Waals surface area (Å²) in [5, 5.41) is 53.8. The van der Waals surface area contributed by atoms with Gasteiger partial charge in [0.05, 0.1) is 23.7 Å². The molecule has 1 fully saturated rings. The number of aliphatic hydroxyl groups is 4. The highest BCUT2D eigenvalue weighted by atomic mass is 16.6. The topological polar surface area (TPSA) is 165 Å². The predicted octanol–water partition coefficient (Wildman–Crippen LogP) is 0.783. The molecule has 1 aliphatic rings. The van der Waals surface area contributed by atoms with E-state index in [2.05, 4.69) is 15.3 Å². The summed E-state index contributed by atoms with van der Waals surface area (Å²) in [4.78, 5) is 21.1. The molecule has 0 spiro atoms. The summed E-state index contributed by atoms with van der Waals surface area (Å²) in [6.45, 7) is 1.09. The van der Waals surface area contributed by atoms with Gasteiger partial charge in [-0.15, -0.1) is 0 Å². The Morgan fingerprint density at radius 2 is 1.82 bits per heavy atom. The van der Waals surface area contributed by atoms with Crippen molar-refractivity contribution in [1.82, 2.24) is 14.9 Å². The second-order valence-corrected chi connectivity index (χ2v) is 8.20. The molecule has 3 rings (SSSR count). The number of likely N-dealkylation sites (tertiary alicyclic amines) is 1. The fraction of sp³-hybridized carbons (Fsp3) is 0.545. The van der Waals surface area contributed by atoms with Crippen LogP contribution in [0.15, 0.2) is 36.7 Å². The minimum absolute atomic E-state index is 0.0283. The molecule has 11 nitrogen and oxygen atoms in total. The van der Waals surface area contributed by atoms with Crippen molar-refractivity contribution in [3.05, 3.63) is 46.8 Å². The van der Waals surface area contributed by atoms with Crippen molar-refractivity contribution in [2.24, 2.45) is 0 Å². The number of hydrogen-bond donors (Lipinski definition) is 5. The number of nitrogens with one attached hydrogen (secondary N) is 1. The van der Waals surface area contributed by atoms with E-state index >= 15 is 0 Å². The van der Waals surface area contributed by atoms with Crippen LogP contribution in [-0.2, 0) is 0 Å². The fourth-order valence-electron chi connectivity index (χ4n) is 4.07. The van der Waals surface area contributed by atoms with Gasteiger partial charge in [-0.05, 0) is 37.6 Å². The Morgan fingerprint density at radius 3 is 2.52 bits per heavy atom. The zero-order chi connectivity index (χ0) is 23.8. The summed E-state index contributed by atoms with van der Waals surface area (Å²) in [5.74, 6) is 0.429. The fourth-order valence-corrected chi connectivity index (χ4v) is 4.07. The number of hydrogen-bond acceptors (Lipinski definition) is 10. The van der Waals surface area contributed by atoms with Crippen molar-refractivity contribution in [1.29, 1.82) is 0 Å². The van der Waals surface area contributed by atoms with Crippen LogP contribution in [0.3, 0.4) is 0 Å². The van der Waals surface area contributed by atoms with E-state index in [0.717, 1.165) is 25.7 Å². The summed E-state index contributed by atoms with van der Waals surface area (Å²) in [6, 6.07) is 5.98. The van der Waals surface area contributed by atoms with Crippen LogP contribution in [0.4, 0.5) is 11.4 Å². The monoisotopic (exact) mass is 461 g/mol. The first-order chi connectivity index (χ1) is 15.9. The smallest absolute Gasteiger partial charge is 0.293 e. The predicted molar refractivity (Wildman–Crippen MR) is 122 cm³/mol. The van der Waals surface area contributed by atoms with Crippen LogP contribution in [0, 0.1) is 10.1 Å². The highest BCUT2D eigenvalue weighted by Gasteiger charge is 2.40. The van der Waals surface area contributed by atoms with Gasteiger partial charge in [-0.2, -0.15) is 0 Å². The summed E-state index contributed by atoms with van der Waals surface area (Å²) in [6.07, 6.45) is 3.10. The van der Waals surface area contributed by atoms with Crippen LogP contribution < -0.4 is 5.32 Å². The zero-order valence-corrected chi connectivity index (χ0v) is 18.3. The Balaban J connectivity index is 1.42. The zero-order valence-electron chi connectivity index (χ0n) is 18.3. The second-order valence-electron chi connectivity index (χ2n) is 8.20. The van der Waals surface area contributed by atoms with Crippen LogP contribution in [0.1, 0.15) is 25.7 Å². The van der Waals surface area contributed by atoms with E-state index in [1.165, 1.54) is 6.07 Å². The first kappa shape index (κ1) is 24.9. The van der Waals surface area contributed by atoms with Gasteiger partial charge in [0.25, 0.3) is 5.69 Å². The number of anilines is 1. The van der Waals surface area contributed by atoms with Crippen molar-refractivity contribution in [3.8, 4) is 11.4 Å². The number of nitro groups is 1. The van der Waals surface area contributed by atoms with Gasteiger partial charge < -0.3 is 25.7 Å².